The Balaban J connectivity index is 2.37. The molecule has 4 amide bonds. The second-order valence-electron chi connectivity index (χ2n) is 10.8. The second kappa shape index (κ2) is 12.7. The van der Waals surface area contributed by atoms with E-state index in [1.807, 2.05) is 32.0 Å². The van der Waals surface area contributed by atoms with E-state index in [0.29, 0.717) is 5.56 Å². The van der Waals surface area contributed by atoms with E-state index in [1.54, 1.807) is 27.8 Å². The summed E-state index contributed by atoms with van der Waals surface area (Å²) in [4.78, 5) is 52.6. The second-order valence-corrected chi connectivity index (χ2v) is 10.8. The normalized spacial score (nSPS) is 15.9. The molecule has 1 aromatic carbocycles. The van der Waals surface area contributed by atoms with E-state index in [1.165, 1.54) is 4.90 Å². The Bertz CT molecular complexity index is 950. The molecule has 1 aromatic rings. The molecule has 0 spiro atoms. The summed E-state index contributed by atoms with van der Waals surface area (Å²) in [5.41, 5.74) is 7.10. The fourth-order valence-corrected chi connectivity index (χ4v) is 4.47. The van der Waals surface area contributed by atoms with Crippen molar-refractivity contribution in [2.45, 2.75) is 103 Å². The Morgan fingerprint density at radius 1 is 1.11 bits per heavy atom. The number of rotatable bonds is 9. The van der Waals surface area contributed by atoms with Gasteiger partial charge in [-0.15, -0.1) is 0 Å². The van der Waals surface area contributed by atoms with Gasteiger partial charge in [-0.3, -0.25) is 14.4 Å². The summed E-state index contributed by atoms with van der Waals surface area (Å²) < 4.78 is 5.32. The van der Waals surface area contributed by atoms with E-state index < -0.39 is 35.6 Å². The maximum atomic E-state index is 13.7. The summed E-state index contributed by atoms with van der Waals surface area (Å²) in [5.74, 6) is -1.37. The Labute approximate surface area is 214 Å². The molecule has 0 heterocycles. The average Bonchev–Trinajstić information content (AvgIpc) is 2.77. The van der Waals surface area contributed by atoms with Crippen molar-refractivity contribution in [3.8, 4) is 0 Å². The van der Waals surface area contributed by atoms with Crippen LogP contribution in [0.3, 0.4) is 0 Å². The van der Waals surface area contributed by atoms with Gasteiger partial charge in [-0.2, -0.15) is 0 Å². The van der Waals surface area contributed by atoms with Crippen LogP contribution in [0.25, 0.3) is 0 Å². The van der Waals surface area contributed by atoms with Crippen molar-refractivity contribution in [2.24, 2.45) is 5.73 Å². The molecular formula is C27H42N4O5. The van der Waals surface area contributed by atoms with Crippen LogP contribution in [0.2, 0.25) is 0 Å². The zero-order valence-electron chi connectivity index (χ0n) is 22.5. The topological polar surface area (TPSA) is 131 Å². The molecule has 1 saturated carbocycles. The van der Waals surface area contributed by atoms with Crippen LogP contribution in [0, 0.1) is 13.8 Å². The van der Waals surface area contributed by atoms with Crippen molar-refractivity contribution in [1.29, 1.82) is 0 Å². The third kappa shape index (κ3) is 8.84. The molecule has 0 radical (unpaired) electrons. The van der Waals surface area contributed by atoms with Gasteiger partial charge in [0.2, 0.25) is 17.7 Å². The molecule has 0 aromatic heterocycles. The van der Waals surface area contributed by atoms with E-state index in [0.717, 1.165) is 43.2 Å². The largest absolute Gasteiger partial charge is 0.444 e. The van der Waals surface area contributed by atoms with Gasteiger partial charge in [-0.05, 0) is 65.0 Å². The van der Waals surface area contributed by atoms with Crippen LogP contribution in [-0.2, 0) is 19.1 Å². The Morgan fingerprint density at radius 2 is 1.75 bits per heavy atom. The number of ether oxygens (including phenoxy) is 1. The first-order chi connectivity index (χ1) is 16.8. The predicted molar refractivity (Wildman–Crippen MR) is 138 cm³/mol. The minimum Gasteiger partial charge on any atom is -0.444 e. The summed E-state index contributed by atoms with van der Waals surface area (Å²) in [6, 6.07) is 3.85. The highest BCUT2D eigenvalue weighted by atomic mass is 16.6. The third-order valence-corrected chi connectivity index (χ3v) is 6.33. The minimum absolute atomic E-state index is 0.0124. The molecule has 0 saturated heterocycles. The monoisotopic (exact) mass is 502 g/mol. The van der Waals surface area contributed by atoms with Gasteiger partial charge in [-0.1, -0.05) is 43.0 Å². The lowest BCUT2D eigenvalue weighted by Crippen LogP contribution is -2.52. The summed E-state index contributed by atoms with van der Waals surface area (Å²) in [7, 11) is 1.54. The summed E-state index contributed by atoms with van der Waals surface area (Å²) in [6.45, 7) is 8.97. The zero-order chi connectivity index (χ0) is 27.0. The fraction of sp³-hybridized carbons (Fsp3) is 0.630. The number of hydrogen-bond acceptors (Lipinski definition) is 5. The van der Waals surface area contributed by atoms with Crippen LogP contribution in [0.1, 0.15) is 88.4 Å². The molecule has 0 aliphatic heterocycles. The molecule has 0 bridgehead atoms. The van der Waals surface area contributed by atoms with Crippen molar-refractivity contribution >= 4 is 23.8 Å². The highest BCUT2D eigenvalue weighted by Crippen LogP contribution is 2.27. The van der Waals surface area contributed by atoms with E-state index in [4.69, 9.17) is 10.5 Å². The summed E-state index contributed by atoms with van der Waals surface area (Å²) >= 11 is 0. The van der Waals surface area contributed by atoms with Gasteiger partial charge in [0.15, 0.2) is 0 Å². The number of carbonyl (C=O) groups is 4. The van der Waals surface area contributed by atoms with Gasteiger partial charge in [0, 0.05) is 19.5 Å². The van der Waals surface area contributed by atoms with E-state index in [-0.39, 0.29) is 24.8 Å². The number of amides is 4. The third-order valence-electron chi connectivity index (χ3n) is 6.33. The van der Waals surface area contributed by atoms with Crippen molar-refractivity contribution in [2.75, 3.05) is 7.05 Å². The molecule has 9 heteroatoms. The lowest BCUT2D eigenvalue weighted by molar-refractivity contribution is -0.141. The molecular weight excluding hydrogens is 460 g/mol. The quantitative estimate of drug-likeness (QED) is 0.476. The molecule has 9 nitrogen and oxygen atoms in total. The number of carbonyl (C=O) groups excluding carboxylic acids is 4. The van der Waals surface area contributed by atoms with Gasteiger partial charge < -0.3 is 26.0 Å². The first kappa shape index (κ1) is 29.1. The van der Waals surface area contributed by atoms with Crippen LogP contribution in [-0.4, -0.2) is 53.4 Å². The standard InChI is InChI=1S/C27H42N4O5/c1-17-12-13-18(2)20(16-17)23(24(33)29-19-10-8-7-9-11-19)31(6)25(34)21(14-15-22(28)32)30-26(35)36-27(3,4)5/h12-13,16,19,21,23H,7-11,14-15H2,1-6H3,(H2,28,32)(H,29,33)(H,30,35). The first-order valence-corrected chi connectivity index (χ1v) is 12.7. The van der Waals surface area contributed by atoms with Crippen LogP contribution in [0.15, 0.2) is 18.2 Å². The van der Waals surface area contributed by atoms with Crippen LogP contribution >= 0.6 is 0 Å². The van der Waals surface area contributed by atoms with E-state index in [2.05, 4.69) is 10.6 Å². The zero-order valence-corrected chi connectivity index (χ0v) is 22.5. The smallest absolute Gasteiger partial charge is 0.408 e. The minimum atomic E-state index is -1.09. The number of primary amides is 1. The maximum absolute atomic E-state index is 13.7. The highest BCUT2D eigenvalue weighted by molar-refractivity contribution is 5.92. The number of alkyl carbamates (subject to hydrolysis) is 1. The molecule has 36 heavy (non-hydrogen) atoms. The number of likely N-dealkylation sites (N-methyl/N-ethyl adjacent to an activating group) is 1. The van der Waals surface area contributed by atoms with Crippen molar-refractivity contribution in [3.05, 3.63) is 34.9 Å². The molecule has 1 fully saturated rings. The Morgan fingerprint density at radius 3 is 2.33 bits per heavy atom. The lowest BCUT2D eigenvalue weighted by atomic mass is 9.93. The van der Waals surface area contributed by atoms with Crippen molar-refractivity contribution < 1.29 is 23.9 Å². The molecule has 200 valence electrons. The average molecular weight is 503 g/mol. The number of hydrogen-bond donors (Lipinski definition) is 3. The molecule has 2 atom stereocenters. The number of aryl methyl sites for hydroxylation is 2. The predicted octanol–water partition coefficient (Wildman–Crippen LogP) is 3.41. The van der Waals surface area contributed by atoms with Crippen LogP contribution in [0.4, 0.5) is 4.79 Å². The number of benzene rings is 1. The van der Waals surface area contributed by atoms with Gasteiger partial charge in [0.1, 0.15) is 17.7 Å². The SMILES string of the molecule is Cc1ccc(C)c(C(C(=O)NC2CCCCC2)N(C)C(=O)C(CCC(N)=O)NC(=O)OC(C)(C)C)c1. The molecule has 1 aliphatic rings. The number of nitrogens with one attached hydrogen (secondary N) is 2. The lowest BCUT2D eigenvalue weighted by Gasteiger charge is -2.34. The Hall–Kier alpha value is -3.10. The van der Waals surface area contributed by atoms with Gasteiger partial charge >= 0.3 is 6.09 Å². The summed E-state index contributed by atoms with van der Waals surface area (Å²) in [6.07, 6.45) is 4.18. The molecule has 2 unspecified atom stereocenters. The molecule has 2 rings (SSSR count). The van der Waals surface area contributed by atoms with Gasteiger partial charge in [-0.25, -0.2) is 4.79 Å². The fourth-order valence-electron chi connectivity index (χ4n) is 4.47. The van der Waals surface area contributed by atoms with Crippen molar-refractivity contribution in [3.63, 3.8) is 0 Å². The molecule has 1 aliphatic carbocycles. The first-order valence-electron chi connectivity index (χ1n) is 12.7. The molecule has 4 N–H and O–H groups in total. The number of nitrogens with zero attached hydrogens (tertiary/aromatic N) is 1. The highest BCUT2D eigenvalue weighted by Gasteiger charge is 2.35. The van der Waals surface area contributed by atoms with Crippen LogP contribution in [0.5, 0.6) is 0 Å². The van der Waals surface area contributed by atoms with Gasteiger partial charge in [0.25, 0.3) is 0 Å². The van der Waals surface area contributed by atoms with Crippen LogP contribution < -0.4 is 16.4 Å². The van der Waals surface area contributed by atoms with Crippen molar-refractivity contribution in [1.82, 2.24) is 15.5 Å². The van der Waals surface area contributed by atoms with E-state index >= 15 is 0 Å². The maximum Gasteiger partial charge on any atom is 0.408 e. The number of nitrogens with two attached hydrogens (primary N) is 1. The van der Waals surface area contributed by atoms with Gasteiger partial charge in [0.05, 0.1) is 0 Å². The van der Waals surface area contributed by atoms with E-state index in [9.17, 15) is 19.2 Å². The summed E-state index contributed by atoms with van der Waals surface area (Å²) in [5, 5.41) is 5.71. The Kier molecular flexibility index (Phi) is 10.3.